The summed E-state index contributed by atoms with van der Waals surface area (Å²) in [6.45, 7) is 0.298. The van der Waals surface area contributed by atoms with Gasteiger partial charge in [0.2, 0.25) is 0 Å². The van der Waals surface area contributed by atoms with E-state index < -0.39 is 0 Å². The molecule has 0 aliphatic rings. The molecule has 5 heteroatoms. The van der Waals surface area contributed by atoms with Crippen molar-refractivity contribution >= 4 is 23.0 Å². The second-order valence-electron chi connectivity index (χ2n) is 2.85. The maximum absolute atomic E-state index is 5.78. The Labute approximate surface area is 88.7 Å². The van der Waals surface area contributed by atoms with Crippen LogP contribution in [0.4, 0.5) is 5.69 Å². The molecule has 6 N–H and O–H groups in total. The summed E-state index contributed by atoms with van der Waals surface area (Å²) < 4.78 is 0. The molecule has 76 valence electrons. The van der Waals surface area contributed by atoms with Gasteiger partial charge in [0, 0.05) is 12.2 Å². The van der Waals surface area contributed by atoms with Gasteiger partial charge in [-0.1, -0.05) is 18.2 Å². The molecule has 1 aromatic rings. The monoisotopic (exact) mass is 210 g/mol. The number of para-hydroxylation sites is 1. The minimum Gasteiger partial charge on any atom is -0.376 e. The first-order valence-corrected chi connectivity index (χ1v) is 4.67. The molecular weight excluding hydrogens is 196 g/mol. The topological polar surface area (TPSA) is 81.3 Å². The van der Waals surface area contributed by atoms with Crippen LogP contribution in [0, 0.1) is 0 Å². The van der Waals surface area contributed by atoms with E-state index in [1.807, 2.05) is 30.3 Å². The van der Waals surface area contributed by atoms with Crippen LogP contribution in [0.25, 0.3) is 0 Å². The van der Waals surface area contributed by atoms with E-state index in [0.717, 1.165) is 5.69 Å². The average molecular weight is 210 g/mol. The lowest BCUT2D eigenvalue weighted by Crippen LogP contribution is -2.52. The van der Waals surface area contributed by atoms with Crippen LogP contribution in [-0.4, -0.2) is 17.8 Å². The first-order valence-electron chi connectivity index (χ1n) is 4.26. The summed E-state index contributed by atoms with van der Waals surface area (Å²) >= 11 is 4.91. The van der Waals surface area contributed by atoms with E-state index >= 15 is 0 Å². The summed E-state index contributed by atoms with van der Waals surface area (Å²) in [5.74, 6) is 0. The minimum absolute atomic E-state index is 0.231. The van der Waals surface area contributed by atoms with Crippen molar-refractivity contribution in [1.29, 1.82) is 0 Å². The average Bonchev–Trinajstić information content (AvgIpc) is 2.19. The summed E-state index contributed by atoms with van der Waals surface area (Å²) in [6.07, 6.45) is -0.380. The van der Waals surface area contributed by atoms with Gasteiger partial charge in [-0.25, -0.2) is 0 Å². The highest BCUT2D eigenvalue weighted by atomic mass is 32.1. The van der Waals surface area contributed by atoms with Gasteiger partial charge < -0.3 is 22.1 Å². The Morgan fingerprint density at radius 3 is 2.36 bits per heavy atom. The maximum Gasteiger partial charge on any atom is 0.172 e. The first kappa shape index (κ1) is 10.9. The number of rotatable bonds is 3. The number of benzene rings is 1. The molecule has 0 radical (unpaired) electrons. The summed E-state index contributed by atoms with van der Waals surface area (Å²) in [5, 5.41) is 0.231. The van der Waals surface area contributed by atoms with Crippen molar-refractivity contribution in [3.63, 3.8) is 0 Å². The van der Waals surface area contributed by atoms with Crippen molar-refractivity contribution in [3.8, 4) is 0 Å². The Hall–Kier alpha value is -1.17. The molecule has 1 atom stereocenters. The van der Waals surface area contributed by atoms with Crippen LogP contribution >= 0.6 is 12.2 Å². The molecule has 0 saturated carbocycles. The van der Waals surface area contributed by atoms with Gasteiger partial charge in [0.15, 0.2) is 5.11 Å². The van der Waals surface area contributed by atoms with Gasteiger partial charge in [-0.2, -0.15) is 0 Å². The predicted octanol–water partition coefficient (Wildman–Crippen LogP) is -0.0199. The number of hydrogen-bond donors (Lipinski definition) is 3. The van der Waals surface area contributed by atoms with E-state index in [1.54, 1.807) is 4.90 Å². The van der Waals surface area contributed by atoms with Gasteiger partial charge in [-0.05, 0) is 24.4 Å². The van der Waals surface area contributed by atoms with Gasteiger partial charge in [-0.15, -0.1) is 0 Å². The van der Waals surface area contributed by atoms with Gasteiger partial charge in [0.1, 0.15) is 0 Å². The number of nitrogens with two attached hydrogens (primary N) is 3. The highest BCUT2D eigenvalue weighted by Gasteiger charge is 2.15. The van der Waals surface area contributed by atoms with E-state index in [9.17, 15) is 0 Å². The third-order valence-corrected chi connectivity index (χ3v) is 2.04. The normalized spacial score (nSPS) is 12.1. The Morgan fingerprint density at radius 2 is 1.93 bits per heavy atom. The second kappa shape index (κ2) is 4.90. The Kier molecular flexibility index (Phi) is 3.82. The van der Waals surface area contributed by atoms with Crippen molar-refractivity contribution in [3.05, 3.63) is 30.3 Å². The summed E-state index contributed by atoms with van der Waals surface area (Å²) in [4.78, 5) is 1.63. The molecule has 14 heavy (non-hydrogen) atoms. The van der Waals surface area contributed by atoms with Gasteiger partial charge in [-0.3, -0.25) is 0 Å². The molecule has 0 bridgehead atoms. The van der Waals surface area contributed by atoms with Crippen LogP contribution in [0.1, 0.15) is 0 Å². The lowest BCUT2D eigenvalue weighted by atomic mass is 10.3. The minimum atomic E-state index is -0.380. The molecule has 1 rings (SSSR count). The molecule has 0 aromatic heterocycles. The fraction of sp³-hybridized carbons (Fsp3) is 0.222. The van der Waals surface area contributed by atoms with E-state index in [0.29, 0.717) is 6.54 Å². The van der Waals surface area contributed by atoms with Crippen LogP contribution in [-0.2, 0) is 0 Å². The van der Waals surface area contributed by atoms with Crippen molar-refractivity contribution in [2.45, 2.75) is 6.17 Å². The zero-order valence-corrected chi connectivity index (χ0v) is 8.58. The molecule has 0 spiro atoms. The third kappa shape index (κ3) is 2.41. The third-order valence-electron chi connectivity index (χ3n) is 1.84. The molecular formula is C9H14N4S. The van der Waals surface area contributed by atoms with Crippen molar-refractivity contribution < 1.29 is 0 Å². The Balaban J connectivity index is 2.95. The molecule has 0 amide bonds. The summed E-state index contributed by atoms with van der Waals surface area (Å²) in [5.41, 5.74) is 17.7. The fourth-order valence-electron chi connectivity index (χ4n) is 1.18. The Morgan fingerprint density at radius 1 is 1.36 bits per heavy atom. The van der Waals surface area contributed by atoms with Gasteiger partial charge in [0.25, 0.3) is 0 Å². The number of hydrogen-bond acceptors (Lipinski definition) is 3. The smallest absolute Gasteiger partial charge is 0.172 e. The van der Waals surface area contributed by atoms with Crippen LogP contribution < -0.4 is 22.1 Å². The van der Waals surface area contributed by atoms with Crippen LogP contribution in [0.15, 0.2) is 30.3 Å². The van der Waals surface area contributed by atoms with Gasteiger partial charge in [0.05, 0.1) is 6.17 Å². The van der Waals surface area contributed by atoms with E-state index in [2.05, 4.69) is 0 Å². The molecule has 0 aliphatic carbocycles. The molecule has 0 fully saturated rings. The standard InChI is InChI=1S/C9H14N4S/c10-6-8(11)13(9(12)14)7-4-2-1-3-5-7/h1-5,8H,6,10-11H2,(H2,12,14). The van der Waals surface area contributed by atoms with Crippen molar-refractivity contribution in [1.82, 2.24) is 0 Å². The highest BCUT2D eigenvalue weighted by Crippen LogP contribution is 2.13. The second-order valence-corrected chi connectivity index (χ2v) is 3.27. The molecule has 1 aromatic carbocycles. The van der Waals surface area contributed by atoms with Gasteiger partial charge >= 0.3 is 0 Å². The van der Waals surface area contributed by atoms with Crippen LogP contribution in [0.2, 0.25) is 0 Å². The van der Waals surface area contributed by atoms with E-state index in [-0.39, 0.29) is 11.3 Å². The van der Waals surface area contributed by atoms with E-state index in [1.165, 1.54) is 0 Å². The summed E-state index contributed by atoms with van der Waals surface area (Å²) in [7, 11) is 0. The largest absolute Gasteiger partial charge is 0.376 e. The molecule has 1 unspecified atom stereocenters. The number of anilines is 1. The van der Waals surface area contributed by atoms with Crippen molar-refractivity contribution in [2.75, 3.05) is 11.4 Å². The van der Waals surface area contributed by atoms with Crippen molar-refractivity contribution in [2.24, 2.45) is 17.2 Å². The van der Waals surface area contributed by atoms with Crippen LogP contribution in [0.3, 0.4) is 0 Å². The molecule has 4 nitrogen and oxygen atoms in total. The summed E-state index contributed by atoms with van der Waals surface area (Å²) in [6, 6.07) is 9.46. The molecule has 0 heterocycles. The maximum atomic E-state index is 5.78. The molecule has 0 saturated heterocycles. The predicted molar refractivity (Wildman–Crippen MR) is 62.7 cm³/mol. The SMILES string of the molecule is NCC(N)N(C(N)=S)c1ccccc1. The zero-order valence-electron chi connectivity index (χ0n) is 7.76. The Bertz CT molecular complexity index is 301. The van der Waals surface area contributed by atoms with E-state index in [4.69, 9.17) is 29.4 Å². The molecule has 0 aliphatic heterocycles. The van der Waals surface area contributed by atoms with Crippen LogP contribution in [0.5, 0.6) is 0 Å². The number of nitrogens with zero attached hydrogens (tertiary/aromatic N) is 1. The number of thiocarbonyl (C=S) groups is 1. The zero-order chi connectivity index (χ0) is 10.6. The highest BCUT2D eigenvalue weighted by molar-refractivity contribution is 7.80. The lowest BCUT2D eigenvalue weighted by Gasteiger charge is -2.28. The lowest BCUT2D eigenvalue weighted by molar-refractivity contribution is 0.704. The fourth-order valence-corrected chi connectivity index (χ4v) is 1.42. The quantitative estimate of drug-likeness (QED) is 0.482. The first-order chi connectivity index (χ1) is 6.66.